The molecule has 0 aliphatic rings. The summed E-state index contributed by atoms with van der Waals surface area (Å²) in [7, 11) is 3.14. The molecule has 0 heterocycles. The number of hydrogen-bond acceptors (Lipinski definition) is 7. The van der Waals surface area contributed by atoms with Crippen LogP contribution in [0.5, 0.6) is 11.5 Å². The number of carbonyl (C=O) groups excluding carboxylic acids is 1. The summed E-state index contributed by atoms with van der Waals surface area (Å²) in [5, 5.41) is 20.7. The molecule has 2 aromatic rings. The molecule has 7 nitrogen and oxygen atoms in total. The highest BCUT2D eigenvalue weighted by Gasteiger charge is 2.22. The molecule has 0 aromatic heterocycles. The number of benzene rings is 2. The van der Waals surface area contributed by atoms with Gasteiger partial charge in [0.25, 0.3) is 0 Å². The first-order chi connectivity index (χ1) is 17.2. The third-order valence-electron chi connectivity index (χ3n) is 5.53. The van der Waals surface area contributed by atoms with Gasteiger partial charge in [0.15, 0.2) is 11.5 Å². The molecule has 198 valence electrons. The maximum Gasteiger partial charge on any atom is 0.308 e. The van der Waals surface area contributed by atoms with E-state index in [4.69, 9.17) is 18.9 Å². The molecule has 2 atom stereocenters. The second-order valence-corrected chi connectivity index (χ2v) is 8.61. The Balaban J connectivity index is 2.55. The van der Waals surface area contributed by atoms with Crippen LogP contribution < -0.4 is 9.47 Å². The first-order valence-electron chi connectivity index (χ1n) is 12.0. The molecule has 2 aromatic carbocycles. The standard InChI is InChI=1S/C28H37FO7/c1-6-35-26(32)16-22(31)15-21(30)11-12-23-24(18(2)3)17-25(34-5)28(36-14-13-33-4)27(23)19-7-9-20(29)10-8-19/h7-12,17-18,21-22,30-31H,6,13-16H2,1-5H3. The Morgan fingerprint density at radius 3 is 2.39 bits per heavy atom. The predicted octanol–water partition coefficient (Wildman–Crippen LogP) is 4.73. The maximum atomic E-state index is 13.7. The zero-order valence-corrected chi connectivity index (χ0v) is 21.6. The van der Waals surface area contributed by atoms with E-state index in [0.29, 0.717) is 29.2 Å². The molecule has 0 fully saturated rings. The summed E-state index contributed by atoms with van der Waals surface area (Å²) in [5.74, 6) is 0.196. The first kappa shape index (κ1) is 29.3. The van der Waals surface area contributed by atoms with Crippen molar-refractivity contribution in [2.24, 2.45) is 0 Å². The molecule has 36 heavy (non-hydrogen) atoms. The Bertz CT molecular complexity index is 1000. The Hall–Kier alpha value is -2.94. The van der Waals surface area contributed by atoms with Crippen molar-refractivity contribution in [1.82, 2.24) is 0 Å². The van der Waals surface area contributed by atoms with E-state index < -0.39 is 18.2 Å². The lowest BCUT2D eigenvalue weighted by molar-refractivity contribution is -0.145. The summed E-state index contributed by atoms with van der Waals surface area (Å²) in [4.78, 5) is 11.6. The zero-order chi connectivity index (χ0) is 26.7. The van der Waals surface area contributed by atoms with E-state index in [0.717, 1.165) is 11.1 Å². The van der Waals surface area contributed by atoms with Gasteiger partial charge in [0.1, 0.15) is 12.4 Å². The lowest BCUT2D eigenvalue weighted by Crippen LogP contribution is -2.20. The van der Waals surface area contributed by atoms with E-state index in [-0.39, 0.29) is 37.8 Å². The minimum atomic E-state index is -1.05. The van der Waals surface area contributed by atoms with Crippen LogP contribution in [0.25, 0.3) is 17.2 Å². The highest BCUT2D eigenvalue weighted by atomic mass is 19.1. The van der Waals surface area contributed by atoms with Crippen LogP contribution in [-0.4, -0.2) is 62.4 Å². The summed E-state index contributed by atoms with van der Waals surface area (Å²) in [5.41, 5.74) is 3.09. The average Bonchev–Trinajstić information content (AvgIpc) is 2.83. The number of halogens is 1. The first-order valence-corrected chi connectivity index (χ1v) is 12.0. The zero-order valence-electron chi connectivity index (χ0n) is 21.6. The molecule has 0 bridgehead atoms. The van der Waals surface area contributed by atoms with Gasteiger partial charge >= 0.3 is 5.97 Å². The number of rotatable bonds is 14. The van der Waals surface area contributed by atoms with Gasteiger partial charge in [-0.05, 0) is 47.7 Å². The van der Waals surface area contributed by atoms with Crippen LogP contribution in [0.15, 0.2) is 36.4 Å². The summed E-state index contributed by atoms with van der Waals surface area (Å²) in [6.45, 7) is 6.62. The van der Waals surface area contributed by atoms with Crippen molar-refractivity contribution in [2.45, 2.75) is 51.7 Å². The fourth-order valence-corrected chi connectivity index (χ4v) is 3.82. The summed E-state index contributed by atoms with van der Waals surface area (Å²) >= 11 is 0. The number of ether oxygens (including phenoxy) is 4. The molecule has 0 aliphatic carbocycles. The van der Waals surface area contributed by atoms with Crippen LogP contribution in [-0.2, 0) is 14.3 Å². The van der Waals surface area contributed by atoms with Gasteiger partial charge < -0.3 is 29.2 Å². The Morgan fingerprint density at radius 1 is 1.11 bits per heavy atom. The van der Waals surface area contributed by atoms with Gasteiger partial charge in [0.05, 0.1) is 39.0 Å². The number of aliphatic hydroxyl groups is 2. The van der Waals surface area contributed by atoms with Crippen LogP contribution in [0.4, 0.5) is 4.39 Å². The number of hydrogen-bond donors (Lipinski definition) is 2. The van der Waals surface area contributed by atoms with Crippen LogP contribution in [0, 0.1) is 5.82 Å². The largest absolute Gasteiger partial charge is 0.493 e. The number of esters is 1. The van der Waals surface area contributed by atoms with Crippen molar-refractivity contribution in [3.05, 3.63) is 53.4 Å². The van der Waals surface area contributed by atoms with E-state index in [2.05, 4.69) is 0 Å². The molecule has 0 amide bonds. The fourth-order valence-electron chi connectivity index (χ4n) is 3.82. The SMILES string of the molecule is CCOC(=O)CC(O)CC(O)C=Cc1c(C(C)C)cc(OC)c(OCCOC)c1-c1ccc(F)cc1. The minimum absolute atomic E-state index is 0.0362. The summed E-state index contributed by atoms with van der Waals surface area (Å²) in [6, 6.07) is 7.96. The molecule has 8 heteroatoms. The van der Waals surface area contributed by atoms with Crippen molar-refractivity contribution in [3.8, 4) is 22.6 Å². The highest BCUT2D eigenvalue weighted by Crippen LogP contribution is 2.45. The van der Waals surface area contributed by atoms with E-state index in [9.17, 15) is 19.4 Å². The summed E-state index contributed by atoms with van der Waals surface area (Å²) < 4.78 is 35.4. The van der Waals surface area contributed by atoms with Gasteiger partial charge in [-0.25, -0.2) is 4.39 Å². The molecule has 2 N–H and O–H groups in total. The monoisotopic (exact) mass is 504 g/mol. The number of methoxy groups -OCH3 is 2. The molecular weight excluding hydrogens is 467 g/mol. The van der Waals surface area contributed by atoms with Crippen molar-refractivity contribution in [1.29, 1.82) is 0 Å². The molecular formula is C28H37FO7. The normalized spacial score (nSPS) is 13.1. The lowest BCUT2D eigenvalue weighted by atomic mass is 9.88. The van der Waals surface area contributed by atoms with Crippen molar-refractivity contribution >= 4 is 12.0 Å². The number of aliphatic hydroxyl groups excluding tert-OH is 2. The van der Waals surface area contributed by atoms with Crippen molar-refractivity contribution in [3.63, 3.8) is 0 Å². The van der Waals surface area contributed by atoms with Crippen LogP contribution >= 0.6 is 0 Å². The van der Waals surface area contributed by atoms with Gasteiger partial charge in [-0.1, -0.05) is 38.1 Å². The van der Waals surface area contributed by atoms with Gasteiger partial charge in [0, 0.05) is 19.1 Å². The van der Waals surface area contributed by atoms with E-state index in [1.165, 1.54) is 12.1 Å². The fraction of sp³-hybridized carbons (Fsp3) is 0.464. The van der Waals surface area contributed by atoms with Gasteiger partial charge in [-0.3, -0.25) is 4.79 Å². The van der Waals surface area contributed by atoms with E-state index >= 15 is 0 Å². The van der Waals surface area contributed by atoms with Crippen LogP contribution in [0.2, 0.25) is 0 Å². The summed E-state index contributed by atoms with van der Waals surface area (Å²) in [6.07, 6.45) is 1.03. The van der Waals surface area contributed by atoms with Gasteiger partial charge in [-0.2, -0.15) is 0 Å². The third kappa shape index (κ3) is 8.33. The quantitative estimate of drug-likeness (QED) is 0.284. The molecule has 0 saturated carbocycles. The van der Waals surface area contributed by atoms with Crippen LogP contribution in [0.1, 0.15) is 50.7 Å². The molecule has 0 spiro atoms. The van der Waals surface area contributed by atoms with Crippen LogP contribution in [0.3, 0.4) is 0 Å². The van der Waals surface area contributed by atoms with E-state index in [1.807, 2.05) is 19.9 Å². The van der Waals surface area contributed by atoms with Crippen molar-refractivity contribution in [2.75, 3.05) is 34.0 Å². The molecule has 2 rings (SSSR count). The smallest absolute Gasteiger partial charge is 0.308 e. The molecule has 0 aliphatic heterocycles. The molecule has 2 unspecified atom stereocenters. The Morgan fingerprint density at radius 2 is 1.81 bits per heavy atom. The van der Waals surface area contributed by atoms with Gasteiger partial charge in [0.2, 0.25) is 0 Å². The van der Waals surface area contributed by atoms with E-state index in [1.54, 1.807) is 45.4 Å². The van der Waals surface area contributed by atoms with Gasteiger partial charge in [-0.15, -0.1) is 0 Å². The third-order valence-corrected chi connectivity index (χ3v) is 5.53. The Kier molecular flexibility index (Phi) is 11.9. The second-order valence-electron chi connectivity index (χ2n) is 8.61. The second kappa shape index (κ2) is 14.6. The predicted molar refractivity (Wildman–Crippen MR) is 137 cm³/mol. The average molecular weight is 505 g/mol. The minimum Gasteiger partial charge on any atom is -0.493 e. The topological polar surface area (TPSA) is 94.5 Å². The lowest BCUT2D eigenvalue weighted by Gasteiger charge is -2.22. The number of carbonyl (C=O) groups is 1. The highest BCUT2D eigenvalue weighted by molar-refractivity contribution is 5.85. The van der Waals surface area contributed by atoms with Crippen molar-refractivity contribution < 1.29 is 38.3 Å². The molecule has 0 radical (unpaired) electrons. The maximum absolute atomic E-state index is 13.7. The Labute approximate surface area is 212 Å². The molecule has 0 saturated heterocycles.